The van der Waals surface area contributed by atoms with Crippen molar-refractivity contribution in [3.63, 3.8) is 0 Å². The van der Waals surface area contributed by atoms with Gasteiger partial charge in [0, 0.05) is 11.3 Å². The Hall–Kier alpha value is -0.390. The van der Waals surface area contributed by atoms with Gasteiger partial charge in [0.25, 0.3) is 0 Å². The molecule has 0 N–H and O–H groups in total. The van der Waals surface area contributed by atoms with Gasteiger partial charge in [-0.3, -0.25) is 4.79 Å². The Bertz CT molecular complexity index is 261. The van der Waals surface area contributed by atoms with Gasteiger partial charge >= 0.3 is 6.18 Å². The SMILES string of the molecule is CCCCN(CC(F)(F)F)C(=O)CSC(C)(C)C. The maximum atomic E-state index is 12.4. The molecule has 0 aliphatic rings. The van der Waals surface area contributed by atoms with Crippen LogP contribution in [0.3, 0.4) is 0 Å². The molecule has 2 nitrogen and oxygen atoms in total. The second-order valence-corrected chi connectivity index (χ2v) is 6.99. The van der Waals surface area contributed by atoms with Gasteiger partial charge < -0.3 is 4.90 Å². The normalized spacial score (nSPS) is 12.6. The third-order valence-corrected chi connectivity index (χ3v) is 3.39. The number of rotatable bonds is 6. The topological polar surface area (TPSA) is 20.3 Å². The Kier molecular flexibility index (Phi) is 7.10. The molecule has 0 aliphatic carbocycles. The Morgan fingerprint density at radius 2 is 1.78 bits per heavy atom. The second kappa shape index (κ2) is 7.26. The minimum Gasteiger partial charge on any atom is -0.333 e. The summed E-state index contributed by atoms with van der Waals surface area (Å²) in [6.45, 7) is 6.73. The maximum absolute atomic E-state index is 12.4. The van der Waals surface area contributed by atoms with E-state index >= 15 is 0 Å². The van der Waals surface area contributed by atoms with Crippen LogP contribution in [0.2, 0.25) is 0 Å². The van der Waals surface area contributed by atoms with E-state index in [2.05, 4.69) is 0 Å². The van der Waals surface area contributed by atoms with Crippen molar-refractivity contribution in [3.8, 4) is 0 Å². The van der Waals surface area contributed by atoms with E-state index in [1.54, 1.807) is 0 Å². The highest BCUT2D eigenvalue weighted by Gasteiger charge is 2.32. The molecular weight excluding hydrogens is 263 g/mol. The molecule has 6 heteroatoms. The summed E-state index contributed by atoms with van der Waals surface area (Å²) in [7, 11) is 0. The van der Waals surface area contributed by atoms with Gasteiger partial charge in [0.2, 0.25) is 5.91 Å². The van der Waals surface area contributed by atoms with Crippen molar-refractivity contribution >= 4 is 17.7 Å². The standard InChI is InChI=1S/C12H22F3NOS/c1-5-6-7-16(9-12(13,14)15)10(17)8-18-11(2,3)4/h5-9H2,1-4H3. The average molecular weight is 285 g/mol. The van der Waals surface area contributed by atoms with Gasteiger partial charge in [-0.05, 0) is 6.42 Å². The zero-order valence-corrected chi connectivity index (χ0v) is 12.2. The molecule has 0 fully saturated rings. The lowest BCUT2D eigenvalue weighted by atomic mass is 10.3. The highest BCUT2D eigenvalue weighted by Crippen LogP contribution is 2.24. The number of amides is 1. The van der Waals surface area contributed by atoms with Gasteiger partial charge in [-0.15, -0.1) is 11.8 Å². The largest absolute Gasteiger partial charge is 0.406 e. The van der Waals surface area contributed by atoms with Gasteiger partial charge in [0.05, 0.1) is 5.75 Å². The van der Waals surface area contributed by atoms with Crippen LogP contribution in [-0.2, 0) is 4.79 Å². The summed E-state index contributed by atoms with van der Waals surface area (Å²) in [6, 6.07) is 0. The molecule has 0 heterocycles. The Morgan fingerprint density at radius 1 is 1.22 bits per heavy atom. The molecule has 0 radical (unpaired) electrons. The Labute approximate surface area is 111 Å². The number of carbonyl (C=O) groups is 1. The van der Waals surface area contributed by atoms with E-state index in [-0.39, 0.29) is 17.0 Å². The molecule has 0 rings (SSSR count). The summed E-state index contributed by atoms with van der Waals surface area (Å²) in [5.41, 5.74) is 0. The van der Waals surface area contributed by atoms with Crippen molar-refractivity contribution in [2.45, 2.75) is 51.5 Å². The molecule has 0 aliphatic heterocycles. The van der Waals surface area contributed by atoms with Crippen LogP contribution in [0.5, 0.6) is 0 Å². The van der Waals surface area contributed by atoms with E-state index in [9.17, 15) is 18.0 Å². The molecule has 108 valence electrons. The Balaban J connectivity index is 4.40. The molecule has 0 saturated carbocycles. The molecule has 0 aromatic rings. The van der Waals surface area contributed by atoms with Crippen LogP contribution in [0.15, 0.2) is 0 Å². The van der Waals surface area contributed by atoms with E-state index in [1.807, 2.05) is 27.7 Å². The van der Waals surface area contributed by atoms with Crippen molar-refractivity contribution in [1.29, 1.82) is 0 Å². The van der Waals surface area contributed by atoms with Crippen molar-refractivity contribution < 1.29 is 18.0 Å². The molecule has 0 spiro atoms. The molecule has 0 unspecified atom stereocenters. The summed E-state index contributed by atoms with van der Waals surface area (Å²) in [5, 5.41) is 0. The third-order valence-electron chi connectivity index (χ3n) is 2.13. The van der Waals surface area contributed by atoms with Crippen LogP contribution in [0.25, 0.3) is 0 Å². The number of alkyl halides is 3. The van der Waals surface area contributed by atoms with Gasteiger partial charge in [0.15, 0.2) is 0 Å². The zero-order chi connectivity index (χ0) is 14.4. The fraction of sp³-hybridized carbons (Fsp3) is 0.917. The molecular formula is C12H22F3NOS. The van der Waals surface area contributed by atoms with E-state index in [4.69, 9.17) is 0 Å². The zero-order valence-electron chi connectivity index (χ0n) is 11.4. The van der Waals surface area contributed by atoms with Crippen LogP contribution in [0.4, 0.5) is 13.2 Å². The predicted octanol–water partition coefficient (Wildman–Crippen LogP) is 3.71. The lowest BCUT2D eigenvalue weighted by molar-refractivity contribution is -0.159. The number of hydrogen-bond donors (Lipinski definition) is 0. The quantitative estimate of drug-likeness (QED) is 0.741. The molecule has 0 atom stereocenters. The van der Waals surface area contributed by atoms with Crippen molar-refractivity contribution in [3.05, 3.63) is 0 Å². The molecule has 1 amide bonds. The minimum atomic E-state index is -4.32. The summed E-state index contributed by atoms with van der Waals surface area (Å²) < 4.78 is 37.0. The van der Waals surface area contributed by atoms with Gasteiger partial charge in [-0.25, -0.2) is 0 Å². The number of thioether (sulfide) groups is 1. The Morgan fingerprint density at radius 3 is 2.17 bits per heavy atom. The summed E-state index contributed by atoms with van der Waals surface area (Å²) in [5.74, 6) is -0.329. The van der Waals surface area contributed by atoms with Crippen LogP contribution in [0.1, 0.15) is 40.5 Å². The third kappa shape index (κ3) is 9.62. The number of hydrogen-bond acceptors (Lipinski definition) is 2. The fourth-order valence-electron chi connectivity index (χ4n) is 1.23. The van der Waals surface area contributed by atoms with E-state index in [0.717, 1.165) is 11.3 Å². The highest BCUT2D eigenvalue weighted by molar-refractivity contribution is 8.01. The van der Waals surface area contributed by atoms with E-state index < -0.39 is 18.6 Å². The molecule has 0 saturated heterocycles. The van der Waals surface area contributed by atoms with Gasteiger partial charge in [-0.1, -0.05) is 34.1 Å². The monoisotopic (exact) mass is 285 g/mol. The maximum Gasteiger partial charge on any atom is 0.406 e. The molecule has 0 aromatic heterocycles. The van der Waals surface area contributed by atoms with Crippen LogP contribution >= 0.6 is 11.8 Å². The smallest absolute Gasteiger partial charge is 0.333 e. The molecule has 0 aromatic carbocycles. The average Bonchev–Trinajstić information content (AvgIpc) is 2.18. The van der Waals surface area contributed by atoms with Crippen molar-refractivity contribution in [2.24, 2.45) is 0 Å². The highest BCUT2D eigenvalue weighted by atomic mass is 32.2. The van der Waals surface area contributed by atoms with Crippen molar-refractivity contribution in [1.82, 2.24) is 4.90 Å². The van der Waals surface area contributed by atoms with Crippen LogP contribution in [0, 0.1) is 0 Å². The summed E-state index contributed by atoms with van der Waals surface area (Å²) in [6.07, 6.45) is -2.95. The molecule has 0 bridgehead atoms. The number of carbonyl (C=O) groups excluding carboxylic acids is 1. The molecule has 18 heavy (non-hydrogen) atoms. The van der Waals surface area contributed by atoms with Gasteiger partial charge in [0.1, 0.15) is 6.54 Å². The fourth-order valence-corrected chi connectivity index (χ4v) is 1.97. The number of unbranched alkanes of at least 4 members (excludes halogenated alkanes) is 1. The summed E-state index contributed by atoms with van der Waals surface area (Å²) in [4.78, 5) is 12.7. The first kappa shape index (κ1) is 17.6. The first-order chi connectivity index (χ1) is 8.05. The lowest BCUT2D eigenvalue weighted by Crippen LogP contribution is -2.41. The second-order valence-electron chi connectivity index (χ2n) is 5.19. The first-order valence-electron chi connectivity index (χ1n) is 6.03. The predicted molar refractivity (Wildman–Crippen MR) is 69.8 cm³/mol. The van der Waals surface area contributed by atoms with Crippen LogP contribution in [-0.4, -0.2) is 40.6 Å². The first-order valence-corrected chi connectivity index (χ1v) is 7.02. The minimum absolute atomic E-state index is 0.100. The number of nitrogens with zero attached hydrogens (tertiary/aromatic N) is 1. The van der Waals surface area contributed by atoms with E-state index in [1.165, 1.54) is 11.8 Å². The number of halogens is 3. The van der Waals surface area contributed by atoms with Gasteiger partial charge in [-0.2, -0.15) is 13.2 Å². The van der Waals surface area contributed by atoms with Crippen LogP contribution < -0.4 is 0 Å². The van der Waals surface area contributed by atoms with E-state index in [0.29, 0.717) is 6.42 Å². The lowest BCUT2D eigenvalue weighted by Gasteiger charge is -2.25. The summed E-state index contributed by atoms with van der Waals surface area (Å²) >= 11 is 1.37. The van der Waals surface area contributed by atoms with Crippen molar-refractivity contribution in [2.75, 3.05) is 18.8 Å².